The number of ether oxygens (including phenoxy) is 7. The van der Waals surface area contributed by atoms with Crippen LogP contribution in [-0.2, 0) is 98.9 Å². The molecule has 0 saturated carbocycles. The molecule has 572 valence electrons. The molecule has 102 heavy (non-hydrogen) atoms. The van der Waals surface area contributed by atoms with Crippen molar-refractivity contribution in [1.82, 2.24) is 42.5 Å². The minimum Gasteiger partial charge on any atom is -0.446 e. The van der Waals surface area contributed by atoms with E-state index in [2.05, 4.69) is 65.5 Å². The van der Waals surface area contributed by atoms with Crippen molar-refractivity contribution in [2.24, 2.45) is 29.4 Å². The number of methoxy groups -OCH3 is 3. The van der Waals surface area contributed by atoms with E-state index < -0.39 is 116 Å². The van der Waals surface area contributed by atoms with Gasteiger partial charge in [0, 0.05) is 105 Å². The lowest BCUT2D eigenvalue weighted by atomic mass is 9.91. The predicted molar refractivity (Wildman–Crippen MR) is 375 cm³/mol. The van der Waals surface area contributed by atoms with Crippen molar-refractivity contribution in [3.63, 3.8) is 0 Å². The van der Waals surface area contributed by atoms with Crippen LogP contribution in [0, 0.1) is 23.7 Å². The van der Waals surface area contributed by atoms with E-state index in [4.69, 9.17) is 38.9 Å². The smallest absolute Gasteiger partial charge is 0.446 e. The van der Waals surface area contributed by atoms with Gasteiger partial charge in [0.15, 0.2) is 28.9 Å². The molecule has 0 heterocycles. The number of amides is 8. The van der Waals surface area contributed by atoms with Gasteiger partial charge in [-0.1, -0.05) is 88.4 Å². The summed E-state index contributed by atoms with van der Waals surface area (Å²) in [5.41, 5.74) is 7.47. The lowest BCUT2D eigenvalue weighted by molar-refractivity contribution is -0.178. The second kappa shape index (κ2) is 56.8. The molecular weight excluding hydrogens is 1330 g/mol. The highest BCUT2D eigenvalue weighted by Gasteiger charge is 2.32. The predicted octanol–water partition coefficient (Wildman–Crippen LogP) is 4.43. The summed E-state index contributed by atoms with van der Waals surface area (Å²) in [5.74, 6) is -6.13. The van der Waals surface area contributed by atoms with E-state index in [9.17, 15) is 62.3 Å². The van der Waals surface area contributed by atoms with Crippen LogP contribution in [0.5, 0.6) is 0 Å². The van der Waals surface area contributed by atoms with E-state index in [0.717, 1.165) is 11.1 Å². The Hall–Kier alpha value is -8.75. The van der Waals surface area contributed by atoms with Gasteiger partial charge in [-0.05, 0) is 80.8 Å². The summed E-state index contributed by atoms with van der Waals surface area (Å²) in [6.45, 7) is 14.5. The van der Waals surface area contributed by atoms with Crippen LogP contribution >= 0.6 is 0 Å². The molecule has 0 aromatic heterocycles. The van der Waals surface area contributed by atoms with Crippen molar-refractivity contribution in [3.05, 3.63) is 84.9 Å². The molecule has 2 rings (SSSR count). The topological polar surface area (TPSA) is 427 Å². The van der Waals surface area contributed by atoms with Crippen LogP contribution in [0.25, 0.3) is 0 Å². The minimum absolute atomic E-state index is 0.000733. The van der Waals surface area contributed by atoms with Crippen LogP contribution < -0.4 is 48.3 Å². The molecule has 0 radical (unpaired) electrons. The second-order valence-corrected chi connectivity index (χ2v) is 24.5. The third-order valence-corrected chi connectivity index (χ3v) is 14.9. The lowest BCUT2D eigenvalue weighted by Gasteiger charge is -2.23. The normalized spacial score (nSPS) is 12.6. The highest BCUT2D eigenvalue weighted by molar-refractivity contribution is 5.96. The Morgan fingerprint density at radius 2 is 0.863 bits per heavy atom. The molecule has 6 unspecified atom stereocenters. The molecule has 2 aromatic rings. The Morgan fingerprint density at radius 3 is 1.29 bits per heavy atom. The van der Waals surface area contributed by atoms with E-state index in [1.54, 1.807) is 74.9 Å². The van der Waals surface area contributed by atoms with E-state index in [1.807, 2.05) is 27.7 Å². The Labute approximate surface area is 598 Å². The van der Waals surface area contributed by atoms with E-state index in [0.29, 0.717) is 72.0 Å². The number of rotatable bonds is 55. The number of nitrogens with two attached hydrogens (primary N) is 1. The number of carbonyl (C=O) groups excluding carboxylic acids is 13. The number of ketones is 5. The summed E-state index contributed by atoms with van der Waals surface area (Å²) >= 11 is 0. The molecule has 31 heteroatoms. The highest BCUT2D eigenvalue weighted by atomic mass is 17.2. The van der Waals surface area contributed by atoms with Gasteiger partial charge in [-0.3, -0.25) is 43.2 Å². The first kappa shape index (κ1) is 91.3. The zero-order chi connectivity index (χ0) is 75.9. The first-order valence-corrected chi connectivity index (χ1v) is 34.4. The van der Waals surface area contributed by atoms with Gasteiger partial charge in [-0.25, -0.2) is 29.0 Å². The summed E-state index contributed by atoms with van der Waals surface area (Å²) in [6.07, 6.45) is -3.32. The Balaban J connectivity index is 0.0000258. The van der Waals surface area contributed by atoms with Crippen LogP contribution in [0.2, 0.25) is 0 Å². The van der Waals surface area contributed by atoms with Gasteiger partial charge in [0.05, 0.1) is 70.3 Å². The summed E-state index contributed by atoms with van der Waals surface area (Å²) in [4.78, 5) is 179. The molecule has 2 aromatic carbocycles. The maximum absolute atomic E-state index is 13.9. The van der Waals surface area contributed by atoms with Crippen molar-refractivity contribution < 1.29 is 105 Å². The number of carbonyl (C=O) groups is 13. The van der Waals surface area contributed by atoms with Gasteiger partial charge in [-0.15, -0.1) is 13.2 Å². The molecule has 31 nitrogen and oxygen atoms in total. The zero-order valence-electron chi connectivity index (χ0n) is 60.4. The fourth-order valence-electron chi connectivity index (χ4n) is 9.81. The molecule has 0 aliphatic heterocycles. The quantitative estimate of drug-likeness (QED) is 0.0191. The summed E-state index contributed by atoms with van der Waals surface area (Å²) < 4.78 is 35.9. The van der Waals surface area contributed by atoms with Crippen molar-refractivity contribution in [2.45, 2.75) is 148 Å². The maximum atomic E-state index is 13.9. The number of nitrogens with one attached hydrogen (secondary N) is 8. The maximum Gasteiger partial charge on any atom is 0.450 e. The molecule has 0 aliphatic carbocycles. The van der Waals surface area contributed by atoms with Crippen LogP contribution in [0.3, 0.4) is 0 Å². The Bertz CT molecular complexity index is 2820. The van der Waals surface area contributed by atoms with Crippen molar-refractivity contribution in [1.29, 1.82) is 0 Å². The number of benzene rings is 2. The molecule has 6 atom stereocenters. The van der Waals surface area contributed by atoms with Crippen LogP contribution in [0.15, 0.2) is 73.8 Å². The Morgan fingerprint density at radius 1 is 0.441 bits per heavy atom. The van der Waals surface area contributed by atoms with Crippen LogP contribution in [0.1, 0.15) is 122 Å². The zero-order valence-corrected chi connectivity index (χ0v) is 60.4. The number of unbranched alkanes of at least 4 members (excludes halogenated alkanes) is 1. The number of Topliss-reactive ketones (excluding diaryl/α,β-unsaturated/α-hetero) is 5. The van der Waals surface area contributed by atoms with E-state index in [-0.39, 0.29) is 125 Å². The molecule has 0 aliphatic rings. The fourth-order valence-corrected chi connectivity index (χ4v) is 9.81. The number of hydrogen-bond acceptors (Lipinski definition) is 23. The van der Waals surface area contributed by atoms with Gasteiger partial charge in [-0.2, -0.15) is 0 Å². The van der Waals surface area contributed by atoms with Crippen molar-refractivity contribution in [3.8, 4) is 0 Å². The highest BCUT2D eigenvalue weighted by Crippen LogP contribution is 2.19. The SMILES string of the molecule is C=C.COCCOCCCNC(=O)CCC(=O)C(CC(C)C)NC(=O)C(CC(=O)CNC(=O)OCCOC(=O)NC(CCCCNC(=O)OOC(=O)NCC(=O)CC(Cc1ccccc1)C(=O)NC(CC(C)C)C(=O)CCC(=O)NCCCOCCOC)C(=O)C(N)COC)Cc1ccccc1. The first-order valence-electron chi connectivity index (χ1n) is 34.4. The van der Waals surface area contributed by atoms with Gasteiger partial charge in [0.1, 0.15) is 13.2 Å². The standard InChI is InChI=1S/C69H107N9O22.C2H4/c1-47(2)38-57(59(81)23-25-61(83)71-28-16-30-95-34-32-92-5)76-64(86)51(40-49-18-10-8-11-19-49)42-53(79)44-74-66(88)97-36-37-98-69(91)78-56(63(85)55(70)46-94-7)22-14-15-27-73-67(89)99-100-68(90)75-45-54(80)43-52(41-50-20-12-9-13-21-50)65(87)77-58(39-48(3)4)60(82)24-26-62(84)72-29-17-31-96-35-33-93-6;1-2/h8-13,18-21,47-48,51-52,55-58H,14-17,22-46,70H2,1-7H3,(H,71,83)(H,72,84)(H,73,89)(H,74,88)(H,75,90)(H,76,86)(H,77,87)(H,78,91);1-2H2. The molecular formula is C71H111N9O22. The summed E-state index contributed by atoms with van der Waals surface area (Å²) in [5, 5.41) is 20.4. The second-order valence-electron chi connectivity index (χ2n) is 24.5. The van der Waals surface area contributed by atoms with Gasteiger partial charge in [0.2, 0.25) is 23.6 Å². The monoisotopic (exact) mass is 1440 g/mol. The van der Waals surface area contributed by atoms with Crippen molar-refractivity contribution >= 4 is 76.9 Å². The number of hydrogen-bond donors (Lipinski definition) is 9. The summed E-state index contributed by atoms with van der Waals surface area (Å²) in [7, 11) is 4.46. The largest absolute Gasteiger partial charge is 0.450 e. The molecule has 0 bridgehead atoms. The average molecular weight is 1440 g/mol. The fraction of sp³-hybridized carbons (Fsp3) is 0.620. The third-order valence-electron chi connectivity index (χ3n) is 14.9. The molecule has 0 saturated heterocycles. The molecule has 10 N–H and O–H groups in total. The first-order chi connectivity index (χ1) is 48.9. The lowest BCUT2D eigenvalue weighted by Crippen LogP contribution is -2.50. The third kappa shape index (κ3) is 45.2. The van der Waals surface area contributed by atoms with Gasteiger partial charge in [0.25, 0.3) is 0 Å². The number of alkyl carbamates (subject to hydrolysis) is 2. The van der Waals surface area contributed by atoms with Gasteiger partial charge < -0.3 is 81.4 Å². The van der Waals surface area contributed by atoms with Crippen LogP contribution in [0.4, 0.5) is 19.2 Å². The molecule has 0 fully saturated rings. The van der Waals surface area contributed by atoms with E-state index >= 15 is 0 Å². The summed E-state index contributed by atoms with van der Waals surface area (Å²) in [6, 6.07) is 13.6. The van der Waals surface area contributed by atoms with Gasteiger partial charge >= 0.3 is 24.4 Å². The molecule has 8 amide bonds. The molecule has 0 spiro atoms. The van der Waals surface area contributed by atoms with E-state index in [1.165, 1.54) is 7.11 Å². The minimum atomic E-state index is -1.31. The Kier molecular flexibility index (Phi) is 50.9. The average Bonchev–Trinajstić information content (AvgIpc) is 0.883. The van der Waals surface area contributed by atoms with Crippen molar-refractivity contribution in [2.75, 3.05) is 114 Å². The van der Waals surface area contributed by atoms with Crippen LogP contribution in [-0.4, -0.2) is 215 Å².